The van der Waals surface area contributed by atoms with Crippen molar-refractivity contribution in [2.75, 3.05) is 6.61 Å². The van der Waals surface area contributed by atoms with E-state index < -0.39 is 0 Å². The zero-order chi connectivity index (χ0) is 8.97. The Morgan fingerprint density at radius 2 is 2.33 bits per heavy atom. The first kappa shape index (κ1) is 8.69. The Morgan fingerprint density at radius 1 is 1.58 bits per heavy atom. The van der Waals surface area contributed by atoms with Gasteiger partial charge in [-0.3, -0.25) is 0 Å². The number of rotatable bonds is 0. The smallest absolute Gasteiger partial charge is 0.144 e. The molecule has 62 valence electrons. The number of aromatic nitrogens is 1. The quantitative estimate of drug-likeness (QED) is 0.579. The van der Waals surface area contributed by atoms with Crippen LogP contribution in [0, 0.1) is 24.6 Å². The van der Waals surface area contributed by atoms with Crippen LogP contribution in [-0.4, -0.2) is 16.7 Å². The summed E-state index contributed by atoms with van der Waals surface area (Å²) < 4.78 is 12.7. The number of hydrogen-bond donors (Lipinski definition) is 1. The third-order valence-corrected chi connectivity index (χ3v) is 1.32. The van der Waals surface area contributed by atoms with Gasteiger partial charge in [0.1, 0.15) is 18.1 Å². The number of aliphatic hydroxyl groups excluding tert-OH is 1. The van der Waals surface area contributed by atoms with Crippen molar-refractivity contribution >= 4 is 0 Å². The second-order valence-electron chi connectivity index (χ2n) is 2.22. The molecule has 1 heterocycles. The van der Waals surface area contributed by atoms with E-state index >= 15 is 0 Å². The Kier molecular flexibility index (Phi) is 2.78. The van der Waals surface area contributed by atoms with E-state index in [9.17, 15) is 4.39 Å². The molecule has 12 heavy (non-hydrogen) atoms. The summed E-state index contributed by atoms with van der Waals surface area (Å²) in [5.74, 6) is 4.67. The monoisotopic (exact) mass is 165 g/mol. The van der Waals surface area contributed by atoms with Gasteiger partial charge in [-0.05, 0) is 25.0 Å². The molecule has 1 N–H and O–H groups in total. The summed E-state index contributed by atoms with van der Waals surface area (Å²) in [6, 6.07) is 2.79. The van der Waals surface area contributed by atoms with Gasteiger partial charge >= 0.3 is 0 Å². The lowest BCUT2D eigenvalue weighted by molar-refractivity contribution is 0.350. The highest BCUT2D eigenvalue weighted by Gasteiger charge is 1.96. The van der Waals surface area contributed by atoms with Crippen molar-refractivity contribution in [3.05, 3.63) is 29.3 Å². The van der Waals surface area contributed by atoms with Gasteiger partial charge in [0, 0.05) is 0 Å². The Morgan fingerprint density at radius 3 is 2.92 bits per heavy atom. The third kappa shape index (κ3) is 2.04. The molecule has 2 nitrogen and oxygen atoms in total. The molecule has 0 spiro atoms. The molecule has 0 radical (unpaired) electrons. The first-order valence-corrected chi connectivity index (χ1v) is 3.47. The van der Waals surface area contributed by atoms with Gasteiger partial charge < -0.3 is 5.11 Å². The van der Waals surface area contributed by atoms with Crippen LogP contribution in [0.4, 0.5) is 4.39 Å². The number of nitrogens with zero attached hydrogens (tertiary/aromatic N) is 1. The molecule has 0 atom stereocenters. The molecule has 0 unspecified atom stereocenters. The van der Waals surface area contributed by atoms with Gasteiger partial charge in [-0.1, -0.05) is 5.92 Å². The maximum absolute atomic E-state index is 12.7. The topological polar surface area (TPSA) is 33.1 Å². The third-order valence-electron chi connectivity index (χ3n) is 1.32. The summed E-state index contributed by atoms with van der Waals surface area (Å²) in [6.07, 6.45) is 0. The van der Waals surface area contributed by atoms with Crippen LogP contribution in [-0.2, 0) is 0 Å². The molecule has 0 aromatic carbocycles. The lowest BCUT2D eigenvalue weighted by atomic mass is 10.3. The fraction of sp³-hybridized carbons (Fsp3) is 0.222. The summed E-state index contributed by atoms with van der Waals surface area (Å²) in [6.45, 7) is 1.36. The molecule has 0 aliphatic carbocycles. The molecule has 0 aliphatic heterocycles. The molecular formula is C9H8FNO. The van der Waals surface area contributed by atoms with Crippen LogP contribution in [0.15, 0.2) is 12.1 Å². The number of pyridine rings is 1. The largest absolute Gasteiger partial charge is 0.384 e. The van der Waals surface area contributed by atoms with E-state index in [4.69, 9.17) is 5.11 Å². The van der Waals surface area contributed by atoms with Crippen LogP contribution in [0.25, 0.3) is 0 Å². The predicted molar refractivity (Wildman–Crippen MR) is 42.9 cm³/mol. The zero-order valence-corrected chi connectivity index (χ0v) is 6.63. The lowest BCUT2D eigenvalue weighted by Crippen LogP contribution is -1.90. The van der Waals surface area contributed by atoms with E-state index in [1.165, 1.54) is 12.1 Å². The van der Waals surface area contributed by atoms with Crippen LogP contribution >= 0.6 is 0 Å². The molecule has 0 fully saturated rings. The molecule has 0 saturated carbocycles. The Bertz CT molecular complexity index is 338. The predicted octanol–water partition coefficient (Wildman–Crippen LogP) is 0.873. The SMILES string of the molecule is Cc1nc(C#CCO)ccc1F. The fourth-order valence-corrected chi connectivity index (χ4v) is 0.744. The Labute approximate surface area is 70.1 Å². The number of aliphatic hydroxyl groups is 1. The van der Waals surface area contributed by atoms with Gasteiger partial charge in [0.15, 0.2) is 0 Å². The van der Waals surface area contributed by atoms with Gasteiger partial charge in [0.2, 0.25) is 0 Å². The first-order chi connectivity index (χ1) is 5.74. The van der Waals surface area contributed by atoms with Gasteiger partial charge in [-0.15, -0.1) is 0 Å². The van der Waals surface area contributed by atoms with E-state index in [0.29, 0.717) is 11.4 Å². The Balaban J connectivity index is 2.97. The molecule has 0 aliphatic rings. The van der Waals surface area contributed by atoms with E-state index in [2.05, 4.69) is 16.8 Å². The van der Waals surface area contributed by atoms with Crippen molar-refractivity contribution < 1.29 is 9.50 Å². The summed E-state index contributed by atoms with van der Waals surface area (Å²) in [5.41, 5.74) is 0.794. The number of aryl methyl sites for hydroxylation is 1. The first-order valence-electron chi connectivity index (χ1n) is 3.47. The highest BCUT2D eigenvalue weighted by atomic mass is 19.1. The summed E-state index contributed by atoms with van der Waals surface area (Å²) in [7, 11) is 0. The zero-order valence-electron chi connectivity index (χ0n) is 6.63. The maximum Gasteiger partial charge on any atom is 0.144 e. The molecule has 1 aromatic rings. The van der Waals surface area contributed by atoms with E-state index in [1.54, 1.807) is 6.92 Å². The van der Waals surface area contributed by atoms with Crippen molar-refractivity contribution in [2.24, 2.45) is 0 Å². The average Bonchev–Trinajstić information content (AvgIpc) is 2.07. The Hall–Kier alpha value is -1.40. The lowest BCUT2D eigenvalue weighted by Gasteiger charge is -1.94. The second-order valence-corrected chi connectivity index (χ2v) is 2.22. The minimum atomic E-state index is -0.343. The minimum Gasteiger partial charge on any atom is -0.384 e. The number of halogens is 1. The van der Waals surface area contributed by atoms with Crippen molar-refractivity contribution in [2.45, 2.75) is 6.92 Å². The van der Waals surface area contributed by atoms with Crippen LogP contribution in [0.3, 0.4) is 0 Å². The molecule has 0 saturated heterocycles. The summed E-state index contributed by atoms with van der Waals surface area (Å²) in [5, 5.41) is 8.38. The van der Waals surface area contributed by atoms with Crippen molar-refractivity contribution in [3.63, 3.8) is 0 Å². The van der Waals surface area contributed by atoms with Gasteiger partial charge in [0.25, 0.3) is 0 Å². The molecule has 0 bridgehead atoms. The van der Waals surface area contributed by atoms with Crippen molar-refractivity contribution in [1.29, 1.82) is 0 Å². The van der Waals surface area contributed by atoms with E-state index in [-0.39, 0.29) is 12.4 Å². The molecule has 1 aromatic heterocycles. The van der Waals surface area contributed by atoms with E-state index in [1.807, 2.05) is 0 Å². The van der Waals surface area contributed by atoms with Crippen molar-refractivity contribution in [1.82, 2.24) is 4.98 Å². The maximum atomic E-state index is 12.7. The molecule has 0 amide bonds. The van der Waals surface area contributed by atoms with Gasteiger partial charge in [0.05, 0.1) is 5.69 Å². The fourth-order valence-electron chi connectivity index (χ4n) is 0.744. The van der Waals surface area contributed by atoms with Crippen molar-refractivity contribution in [3.8, 4) is 11.8 Å². The van der Waals surface area contributed by atoms with Crippen LogP contribution in [0.1, 0.15) is 11.4 Å². The van der Waals surface area contributed by atoms with Gasteiger partial charge in [-0.2, -0.15) is 0 Å². The van der Waals surface area contributed by atoms with Crippen LogP contribution in [0.2, 0.25) is 0 Å². The van der Waals surface area contributed by atoms with E-state index in [0.717, 1.165) is 0 Å². The highest BCUT2D eigenvalue weighted by molar-refractivity contribution is 5.28. The average molecular weight is 165 g/mol. The second kappa shape index (κ2) is 3.84. The number of hydrogen-bond acceptors (Lipinski definition) is 2. The minimum absolute atomic E-state index is 0.210. The molecule has 1 rings (SSSR count). The normalized spacial score (nSPS) is 8.92. The highest BCUT2D eigenvalue weighted by Crippen LogP contribution is 2.02. The molecular weight excluding hydrogens is 157 g/mol. The van der Waals surface area contributed by atoms with Crippen LogP contribution < -0.4 is 0 Å². The summed E-state index contributed by atoms with van der Waals surface area (Å²) in [4.78, 5) is 3.85. The molecule has 3 heteroatoms. The summed E-state index contributed by atoms with van der Waals surface area (Å²) >= 11 is 0. The van der Waals surface area contributed by atoms with Gasteiger partial charge in [-0.25, -0.2) is 9.37 Å². The standard InChI is InChI=1S/C9H8FNO/c1-7-9(10)5-4-8(11-7)3-2-6-12/h4-5,12H,6H2,1H3. The van der Waals surface area contributed by atoms with Crippen LogP contribution in [0.5, 0.6) is 0 Å².